The number of benzene rings is 2. The van der Waals surface area contributed by atoms with Crippen LogP contribution >= 0.6 is 11.3 Å². The molecule has 2 N–H and O–H groups in total. The Kier molecular flexibility index (Phi) is 4.09. The van der Waals surface area contributed by atoms with E-state index in [0.717, 1.165) is 19.3 Å². The maximum Gasteiger partial charge on any atom is 0.0345 e. The van der Waals surface area contributed by atoms with Gasteiger partial charge in [-0.2, -0.15) is 0 Å². The number of rotatable bonds is 5. The average molecular weight is 295 g/mol. The summed E-state index contributed by atoms with van der Waals surface area (Å²) in [5, 5.41) is 3.63. The predicted octanol–water partition coefficient (Wildman–Crippen LogP) is 4.79. The molecule has 1 aromatic heterocycles. The Balaban J connectivity index is 1.86. The van der Waals surface area contributed by atoms with Crippen molar-refractivity contribution in [3.05, 3.63) is 71.1 Å². The van der Waals surface area contributed by atoms with Crippen molar-refractivity contribution in [2.24, 2.45) is 5.73 Å². The number of fused-ring (bicyclic) bond motifs is 1. The first-order chi connectivity index (χ1) is 10.2. The van der Waals surface area contributed by atoms with E-state index >= 15 is 0 Å². The lowest BCUT2D eigenvalue weighted by molar-refractivity contribution is 0.405. The van der Waals surface area contributed by atoms with Crippen molar-refractivity contribution >= 4 is 21.4 Å². The quantitative estimate of drug-likeness (QED) is 0.719. The SMILES string of the molecule is CCC(N)(Cc1ccccc1)Cc1csc2ccccc12. The largest absolute Gasteiger partial charge is 0.325 e. The number of hydrogen-bond donors (Lipinski definition) is 1. The van der Waals surface area contributed by atoms with Crippen LogP contribution in [0, 0.1) is 0 Å². The van der Waals surface area contributed by atoms with Gasteiger partial charge in [-0.1, -0.05) is 55.5 Å². The van der Waals surface area contributed by atoms with Gasteiger partial charge < -0.3 is 5.73 Å². The van der Waals surface area contributed by atoms with Crippen LogP contribution in [-0.2, 0) is 12.8 Å². The summed E-state index contributed by atoms with van der Waals surface area (Å²) in [7, 11) is 0. The van der Waals surface area contributed by atoms with Gasteiger partial charge in [-0.15, -0.1) is 11.3 Å². The summed E-state index contributed by atoms with van der Waals surface area (Å²) >= 11 is 1.82. The molecule has 0 saturated heterocycles. The van der Waals surface area contributed by atoms with Crippen molar-refractivity contribution in [1.29, 1.82) is 0 Å². The Morgan fingerprint density at radius 1 is 0.952 bits per heavy atom. The summed E-state index contributed by atoms with van der Waals surface area (Å²) in [6.45, 7) is 2.19. The monoisotopic (exact) mass is 295 g/mol. The number of hydrogen-bond acceptors (Lipinski definition) is 2. The van der Waals surface area contributed by atoms with Crippen molar-refractivity contribution in [3.8, 4) is 0 Å². The Morgan fingerprint density at radius 2 is 1.67 bits per heavy atom. The minimum Gasteiger partial charge on any atom is -0.325 e. The number of thiophene rings is 1. The first-order valence-electron chi connectivity index (χ1n) is 7.48. The summed E-state index contributed by atoms with van der Waals surface area (Å²) in [6, 6.07) is 19.2. The molecule has 108 valence electrons. The molecule has 0 aliphatic heterocycles. The van der Waals surface area contributed by atoms with Gasteiger partial charge in [0, 0.05) is 10.2 Å². The van der Waals surface area contributed by atoms with E-state index in [4.69, 9.17) is 5.73 Å². The maximum atomic E-state index is 6.72. The molecule has 1 heterocycles. The summed E-state index contributed by atoms with van der Waals surface area (Å²) in [5.41, 5.74) is 9.25. The lowest BCUT2D eigenvalue weighted by Crippen LogP contribution is -2.43. The van der Waals surface area contributed by atoms with Gasteiger partial charge in [0.25, 0.3) is 0 Å². The third kappa shape index (κ3) is 3.17. The highest BCUT2D eigenvalue weighted by Crippen LogP contribution is 2.30. The van der Waals surface area contributed by atoms with Gasteiger partial charge in [0.05, 0.1) is 0 Å². The molecule has 1 unspecified atom stereocenters. The minimum atomic E-state index is -0.175. The van der Waals surface area contributed by atoms with Gasteiger partial charge in [-0.3, -0.25) is 0 Å². The maximum absolute atomic E-state index is 6.72. The van der Waals surface area contributed by atoms with Crippen LogP contribution in [-0.4, -0.2) is 5.54 Å². The van der Waals surface area contributed by atoms with Crippen LogP contribution in [0.3, 0.4) is 0 Å². The van der Waals surface area contributed by atoms with Crippen molar-refractivity contribution < 1.29 is 0 Å². The van der Waals surface area contributed by atoms with E-state index < -0.39 is 0 Å². The van der Waals surface area contributed by atoms with E-state index in [1.807, 2.05) is 11.3 Å². The van der Waals surface area contributed by atoms with Gasteiger partial charge in [-0.05, 0) is 47.2 Å². The standard InChI is InChI=1S/C19H21NS/c1-2-19(20,12-15-8-4-3-5-9-15)13-16-14-21-18-11-7-6-10-17(16)18/h3-11,14H,2,12-13,20H2,1H3. The first kappa shape index (κ1) is 14.3. The van der Waals surface area contributed by atoms with E-state index in [1.54, 1.807) is 0 Å². The lowest BCUT2D eigenvalue weighted by Gasteiger charge is -2.28. The molecule has 0 aliphatic carbocycles. The lowest BCUT2D eigenvalue weighted by atomic mass is 9.83. The zero-order chi connectivity index (χ0) is 14.7. The fraction of sp³-hybridized carbons (Fsp3) is 0.263. The summed E-state index contributed by atoms with van der Waals surface area (Å²) in [4.78, 5) is 0. The molecule has 0 fully saturated rings. The molecular weight excluding hydrogens is 274 g/mol. The normalized spacial score (nSPS) is 14.2. The average Bonchev–Trinajstić information content (AvgIpc) is 2.91. The van der Waals surface area contributed by atoms with Gasteiger partial charge in [-0.25, -0.2) is 0 Å². The Morgan fingerprint density at radius 3 is 2.43 bits per heavy atom. The second-order valence-electron chi connectivity index (χ2n) is 5.81. The molecule has 0 amide bonds. The first-order valence-corrected chi connectivity index (χ1v) is 8.36. The van der Waals surface area contributed by atoms with Crippen molar-refractivity contribution in [2.45, 2.75) is 31.7 Å². The third-order valence-electron chi connectivity index (χ3n) is 4.21. The molecule has 0 bridgehead atoms. The van der Waals surface area contributed by atoms with Crippen LogP contribution in [0.25, 0.3) is 10.1 Å². The van der Waals surface area contributed by atoms with Crippen molar-refractivity contribution in [3.63, 3.8) is 0 Å². The molecule has 0 saturated carbocycles. The molecule has 0 aliphatic rings. The molecule has 2 aromatic carbocycles. The van der Waals surface area contributed by atoms with E-state index in [-0.39, 0.29) is 5.54 Å². The fourth-order valence-electron chi connectivity index (χ4n) is 2.86. The van der Waals surface area contributed by atoms with E-state index in [9.17, 15) is 0 Å². The van der Waals surface area contributed by atoms with Crippen molar-refractivity contribution in [1.82, 2.24) is 0 Å². The van der Waals surface area contributed by atoms with E-state index in [1.165, 1.54) is 21.2 Å². The predicted molar refractivity (Wildman–Crippen MR) is 92.9 cm³/mol. The molecule has 3 rings (SSSR count). The molecule has 1 atom stereocenters. The molecule has 0 radical (unpaired) electrons. The Hall–Kier alpha value is -1.64. The zero-order valence-electron chi connectivity index (χ0n) is 12.4. The fourth-order valence-corrected chi connectivity index (χ4v) is 3.83. The Bertz CT molecular complexity index is 717. The Labute approximate surface area is 130 Å². The molecule has 1 nitrogen and oxygen atoms in total. The second-order valence-corrected chi connectivity index (χ2v) is 6.72. The van der Waals surface area contributed by atoms with Crippen molar-refractivity contribution in [2.75, 3.05) is 0 Å². The summed E-state index contributed by atoms with van der Waals surface area (Å²) < 4.78 is 1.35. The van der Waals surface area contributed by atoms with Crippen LogP contribution in [0.15, 0.2) is 60.0 Å². The smallest absolute Gasteiger partial charge is 0.0345 e. The van der Waals surface area contributed by atoms with Crippen LogP contribution in [0.1, 0.15) is 24.5 Å². The highest BCUT2D eigenvalue weighted by atomic mass is 32.1. The van der Waals surface area contributed by atoms with Crippen LogP contribution < -0.4 is 5.73 Å². The highest BCUT2D eigenvalue weighted by Gasteiger charge is 2.25. The van der Waals surface area contributed by atoms with E-state index in [2.05, 4.69) is 66.9 Å². The van der Waals surface area contributed by atoms with Gasteiger partial charge in [0.2, 0.25) is 0 Å². The molecule has 0 spiro atoms. The summed E-state index contributed by atoms with van der Waals surface area (Å²) in [6.07, 6.45) is 2.84. The molecular formula is C19H21NS. The molecule has 2 heteroatoms. The zero-order valence-corrected chi connectivity index (χ0v) is 13.2. The number of nitrogens with two attached hydrogens (primary N) is 1. The third-order valence-corrected chi connectivity index (χ3v) is 5.22. The topological polar surface area (TPSA) is 26.0 Å². The summed E-state index contributed by atoms with van der Waals surface area (Å²) in [5.74, 6) is 0. The van der Waals surface area contributed by atoms with Gasteiger partial charge in [0.15, 0.2) is 0 Å². The second kappa shape index (κ2) is 6.00. The van der Waals surface area contributed by atoms with Crippen LogP contribution in [0.2, 0.25) is 0 Å². The van der Waals surface area contributed by atoms with Crippen LogP contribution in [0.4, 0.5) is 0 Å². The molecule has 21 heavy (non-hydrogen) atoms. The van der Waals surface area contributed by atoms with E-state index in [0.29, 0.717) is 0 Å². The minimum absolute atomic E-state index is 0.175. The molecule has 3 aromatic rings. The van der Waals surface area contributed by atoms with Gasteiger partial charge in [0.1, 0.15) is 0 Å². The highest BCUT2D eigenvalue weighted by molar-refractivity contribution is 7.17. The van der Waals surface area contributed by atoms with Crippen LogP contribution in [0.5, 0.6) is 0 Å². The van der Waals surface area contributed by atoms with Gasteiger partial charge >= 0.3 is 0 Å².